The van der Waals surface area contributed by atoms with Gasteiger partial charge < -0.3 is 8.83 Å². The van der Waals surface area contributed by atoms with E-state index in [4.69, 9.17) is 8.83 Å². The third kappa shape index (κ3) is 1.34. The van der Waals surface area contributed by atoms with Crippen molar-refractivity contribution in [3.05, 3.63) is 47.9 Å². The summed E-state index contributed by atoms with van der Waals surface area (Å²) in [6.45, 7) is 3.90. The molecule has 2 nitrogen and oxygen atoms in total. The van der Waals surface area contributed by atoms with Crippen molar-refractivity contribution in [2.75, 3.05) is 0 Å². The molecule has 0 unspecified atom stereocenters. The second kappa shape index (κ2) is 3.27. The van der Waals surface area contributed by atoms with Crippen molar-refractivity contribution in [3.63, 3.8) is 0 Å². The van der Waals surface area contributed by atoms with Crippen LogP contribution in [0.5, 0.6) is 0 Å². The minimum absolute atomic E-state index is 0.871. The predicted octanol–water partition coefficient (Wildman–Crippen LogP) is 4.31. The van der Waals surface area contributed by atoms with Gasteiger partial charge in [-0.2, -0.15) is 0 Å². The summed E-state index contributed by atoms with van der Waals surface area (Å²) >= 11 is 0. The summed E-state index contributed by atoms with van der Waals surface area (Å²) in [6, 6.07) is 12.1. The molecule has 2 aromatic heterocycles. The number of hydrogen-bond acceptors (Lipinski definition) is 2. The molecule has 0 aliphatic heterocycles. The highest BCUT2D eigenvalue weighted by Gasteiger charge is 2.11. The molecule has 0 fully saturated rings. The Morgan fingerprint density at radius 3 is 2.44 bits per heavy atom. The molecular formula is C14H12O2. The molecule has 2 heterocycles. The smallest absolute Gasteiger partial charge is 0.138 e. The van der Waals surface area contributed by atoms with E-state index in [9.17, 15) is 0 Å². The summed E-state index contributed by atoms with van der Waals surface area (Å²) in [4.78, 5) is 0. The van der Waals surface area contributed by atoms with Crippen LogP contribution < -0.4 is 0 Å². The number of rotatable bonds is 1. The van der Waals surface area contributed by atoms with Crippen LogP contribution in [0.3, 0.4) is 0 Å². The van der Waals surface area contributed by atoms with E-state index < -0.39 is 0 Å². The van der Waals surface area contributed by atoms with Crippen LogP contribution in [0.15, 0.2) is 45.2 Å². The van der Waals surface area contributed by atoms with Crippen molar-refractivity contribution < 1.29 is 8.83 Å². The maximum Gasteiger partial charge on any atom is 0.138 e. The first-order valence-electron chi connectivity index (χ1n) is 5.30. The van der Waals surface area contributed by atoms with Gasteiger partial charge in [-0.15, -0.1) is 0 Å². The summed E-state index contributed by atoms with van der Waals surface area (Å²) in [6.07, 6.45) is 0. The molecule has 0 bridgehead atoms. The zero-order chi connectivity index (χ0) is 11.1. The second-order valence-electron chi connectivity index (χ2n) is 3.98. The molecule has 3 aromatic rings. The number of hydrogen-bond donors (Lipinski definition) is 0. The molecule has 0 atom stereocenters. The number of para-hydroxylation sites is 1. The Hall–Kier alpha value is -1.96. The fourth-order valence-corrected chi connectivity index (χ4v) is 1.99. The van der Waals surface area contributed by atoms with E-state index in [1.165, 1.54) is 0 Å². The van der Waals surface area contributed by atoms with E-state index in [0.717, 1.165) is 33.8 Å². The fourth-order valence-electron chi connectivity index (χ4n) is 1.99. The summed E-state index contributed by atoms with van der Waals surface area (Å²) in [7, 11) is 0. The van der Waals surface area contributed by atoms with Gasteiger partial charge in [0.1, 0.15) is 22.9 Å². The molecule has 1 aromatic carbocycles. The van der Waals surface area contributed by atoms with Crippen molar-refractivity contribution >= 4 is 11.0 Å². The van der Waals surface area contributed by atoms with E-state index >= 15 is 0 Å². The van der Waals surface area contributed by atoms with Gasteiger partial charge in [0.15, 0.2) is 0 Å². The van der Waals surface area contributed by atoms with Gasteiger partial charge in [0.2, 0.25) is 0 Å². The number of benzene rings is 1. The maximum atomic E-state index is 5.79. The molecular weight excluding hydrogens is 200 g/mol. The minimum atomic E-state index is 0.871. The average molecular weight is 212 g/mol. The molecule has 80 valence electrons. The average Bonchev–Trinajstić information content (AvgIpc) is 2.81. The Morgan fingerprint density at radius 1 is 0.938 bits per heavy atom. The SMILES string of the molecule is Cc1cc(-c2cc3ccccc3o2)c(C)o1. The lowest BCUT2D eigenvalue weighted by molar-refractivity contribution is 0.504. The Kier molecular flexibility index (Phi) is 1.90. The Morgan fingerprint density at radius 2 is 1.75 bits per heavy atom. The quantitative estimate of drug-likeness (QED) is 0.600. The van der Waals surface area contributed by atoms with Crippen molar-refractivity contribution in [1.29, 1.82) is 0 Å². The van der Waals surface area contributed by atoms with Gasteiger partial charge in [0.05, 0.1) is 5.56 Å². The van der Waals surface area contributed by atoms with Crippen LogP contribution in [0.2, 0.25) is 0 Å². The molecule has 2 heteroatoms. The minimum Gasteiger partial charge on any atom is -0.466 e. The van der Waals surface area contributed by atoms with Crippen LogP contribution in [-0.2, 0) is 0 Å². The summed E-state index contributed by atoms with van der Waals surface area (Å²) in [5.74, 6) is 2.68. The number of aryl methyl sites for hydroxylation is 2. The molecule has 0 aliphatic carbocycles. The van der Waals surface area contributed by atoms with Crippen LogP contribution in [0, 0.1) is 13.8 Å². The highest BCUT2D eigenvalue weighted by Crippen LogP contribution is 2.31. The van der Waals surface area contributed by atoms with Crippen LogP contribution in [0.1, 0.15) is 11.5 Å². The molecule has 0 amide bonds. The van der Waals surface area contributed by atoms with Gasteiger partial charge in [-0.25, -0.2) is 0 Å². The largest absolute Gasteiger partial charge is 0.466 e. The van der Waals surface area contributed by atoms with Crippen LogP contribution in [0.25, 0.3) is 22.3 Å². The Balaban J connectivity index is 2.22. The highest BCUT2D eigenvalue weighted by atomic mass is 16.4. The number of fused-ring (bicyclic) bond motifs is 1. The third-order valence-electron chi connectivity index (χ3n) is 2.73. The van der Waals surface area contributed by atoms with E-state index in [0.29, 0.717) is 0 Å². The van der Waals surface area contributed by atoms with Crippen molar-refractivity contribution in [2.24, 2.45) is 0 Å². The zero-order valence-electron chi connectivity index (χ0n) is 9.28. The lowest BCUT2D eigenvalue weighted by atomic mass is 10.2. The predicted molar refractivity (Wildman–Crippen MR) is 63.4 cm³/mol. The molecule has 0 N–H and O–H groups in total. The van der Waals surface area contributed by atoms with Crippen molar-refractivity contribution in [2.45, 2.75) is 13.8 Å². The maximum absolute atomic E-state index is 5.79. The van der Waals surface area contributed by atoms with Gasteiger partial charge in [0, 0.05) is 5.39 Å². The molecule has 0 spiro atoms. The summed E-state index contributed by atoms with van der Waals surface area (Å²) in [5, 5.41) is 1.12. The van der Waals surface area contributed by atoms with Crippen molar-refractivity contribution in [1.82, 2.24) is 0 Å². The van der Waals surface area contributed by atoms with Crippen LogP contribution in [-0.4, -0.2) is 0 Å². The van der Waals surface area contributed by atoms with E-state index in [2.05, 4.69) is 0 Å². The molecule has 16 heavy (non-hydrogen) atoms. The molecule has 0 aliphatic rings. The Labute approximate surface area is 93.5 Å². The van der Waals surface area contributed by atoms with Gasteiger partial charge >= 0.3 is 0 Å². The van der Waals surface area contributed by atoms with Crippen molar-refractivity contribution in [3.8, 4) is 11.3 Å². The van der Waals surface area contributed by atoms with E-state index in [-0.39, 0.29) is 0 Å². The summed E-state index contributed by atoms with van der Waals surface area (Å²) in [5.41, 5.74) is 1.95. The lowest BCUT2D eigenvalue weighted by Gasteiger charge is -1.90. The lowest BCUT2D eigenvalue weighted by Crippen LogP contribution is -1.70. The van der Waals surface area contributed by atoms with Gasteiger partial charge in [0.25, 0.3) is 0 Å². The second-order valence-corrected chi connectivity index (χ2v) is 3.98. The number of furan rings is 2. The molecule has 0 saturated heterocycles. The zero-order valence-corrected chi connectivity index (χ0v) is 9.28. The van der Waals surface area contributed by atoms with Crippen LogP contribution in [0.4, 0.5) is 0 Å². The molecule has 0 saturated carbocycles. The van der Waals surface area contributed by atoms with E-state index in [1.54, 1.807) is 0 Å². The highest BCUT2D eigenvalue weighted by molar-refractivity contribution is 5.83. The van der Waals surface area contributed by atoms with E-state index in [1.807, 2.05) is 50.2 Å². The first-order valence-corrected chi connectivity index (χ1v) is 5.30. The molecule has 0 radical (unpaired) electrons. The van der Waals surface area contributed by atoms with Gasteiger partial charge in [-0.3, -0.25) is 0 Å². The molecule has 3 rings (SSSR count). The first-order chi connectivity index (χ1) is 7.74. The first kappa shape index (κ1) is 9.28. The van der Waals surface area contributed by atoms with Gasteiger partial charge in [-0.05, 0) is 32.0 Å². The Bertz CT molecular complexity index is 611. The fraction of sp³-hybridized carbons (Fsp3) is 0.143. The standard InChI is InChI=1S/C14H12O2/c1-9-7-12(10(2)15-9)14-8-11-5-3-4-6-13(11)16-14/h3-8H,1-2H3. The van der Waals surface area contributed by atoms with Gasteiger partial charge in [-0.1, -0.05) is 18.2 Å². The topological polar surface area (TPSA) is 26.3 Å². The van der Waals surface area contributed by atoms with Crippen LogP contribution >= 0.6 is 0 Å². The normalized spacial score (nSPS) is 11.1. The third-order valence-corrected chi connectivity index (χ3v) is 2.73. The summed E-state index contributed by atoms with van der Waals surface area (Å²) < 4.78 is 11.3. The monoisotopic (exact) mass is 212 g/mol.